The van der Waals surface area contributed by atoms with Gasteiger partial charge in [0.2, 0.25) is 0 Å². The number of nitrogens with one attached hydrogen (secondary N) is 1. The van der Waals surface area contributed by atoms with E-state index in [4.69, 9.17) is 0 Å². The molecule has 3 N–H and O–H groups in total. The zero-order chi connectivity index (χ0) is 18.0. The molecular formula is C18H16N2O5. The summed E-state index contributed by atoms with van der Waals surface area (Å²) in [4.78, 5) is 39.0. The highest BCUT2D eigenvalue weighted by atomic mass is 16.4. The van der Waals surface area contributed by atoms with Crippen LogP contribution in [0, 0.1) is 0 Å². The molecule has 3 aromatic rings. The van der Waals surface area contributed by atoms with Gasteiger partial charge in [0.1, 0.15) is 5.75 Å². The minimum atomic E-state index is -1.11. The predicted molar refractivity (Wildman–Crippen MR) is 91.9 cm³/mol. The first kappa shape index (κ1) is 16.5. The number of aliphatic carboxylic acids is 1. The van der Waals surface area contributed by atoms with Crippen molar-refractivity contribution in [1.82, 2.24) is 9.55 Å². The van der Waals surface area contributed by atoms with Gasteiger partial charge < -0.3 is 15.2 Å². The predicted octanol–water partition coefficient (Wildman–Crippen LogP) is 1.65. The van der Waals surface area contributed by atoms with Gasteiger partial charge in [-0.3, -0.25) is 14.2 Å². The van der Waals surface area contributed by atoms with Crippen LogP contribution in [0.5, 0.6) is 5.75 Å². The van der Waals surface area contributed by atoms with Crippen molar-refractivity contribution in [2.75, 3.05) is 0 Å². The Labute approximate surface area is 141 Å². The Bertz CT molecular complexity index is 1030. The smallest absolute Gasteiger partial charge is 0.329 e. The summed E-state index contributed by atoms with van der Waals surface area (Å²) >= 11 is 0. The number of aromatic hydroxyl groups is 1. The molecule has 7 nitrogen and oxygen atoms in total. The molecule has 25 heavy (non-hydrogen) atoms. The quantitative estimate of drug-likeness (QED) is 0.654. The average Bonchev–Trinajstić information content (AvgIpc) is 2.56. The Kier molecular flexibility index (Phi) is 4.38. The Morgan fingerprint density at radius 1 is 1.08 bits per heavy atom. The number of fused-ring (bicyclic) bond motifs is 1. The summed E-state index contributed by atoms with van der Waals surface area (Å²) < 4.78 is 0.962. The number of carboxylic acid groups (broad SMARTS) is 1. The normalized spacial score (nSPS) is 12.2. The number of carbonyl (C=O) groups is 1. The van der Waals surface area contributed by atoms with Gasteiger partial charge in [-0.15, -0.1) is 0 Å². The molecule has 0 saturated heterocycles. The molecule has 0 saturated carbocycles. The molecule has 3 rings (SSSR count). The topological polar surface area (TPSA) is 112 Å². The van der Waals surface area contributed by atoms with Crippen molar-refractivity contribution in [2.24, 2.45) is 0 Å². The third-order valence-corrected chi connectivity index (χ3v) is 4.02. The van der Waals surface area contributed by atoms with Gasteiger partial charge in [0.05, 0.1) is 23.4 Å². The van der Waals surface area contributed by atoms with Crippen LogP contribution in [-0.2, 0) is 11.2 Å². The molecule has 0 fully saturated rings. The number of phenolic OH excluding ortho intramolecular Hbond substituents is 1. The molecule has 0 amide bonds. The van der Waals surface area contributed by atoms with E-state index in [2.05, 4.69) is 4.98 Å². The maximum Gasteiger partial charge on any atom is 0.329 e. The van der Waals surface area contributed by atoms with Crippen molar-refractivity contribution < 1.29 is 15.0 Å². The van der Waals surface area contributed by atoms with Crippen LogP contribution in [0.2, 0.25) is 0 Å². The minimum absolute atomic E-state index is 0.0826. The molecule has 0 bridgehead atoms. The molecule has 0 spiro atoms. The van der Waals surface area contributed by atoms with E-state index < -0.39 is 23.3 Å². The highest BCUT2D eigenvalue weighted by molar-refractivity contribution is 5.77. The van der Waals surface area contributed by atoms with Crippen LogP contribution in [0.25, 0.3) is 10.9 Å². The van der Waals surface area contributed by atoms with Gasteiger partial charge in [0, 0.05) is 0 Å². The Balaban J connectivity index is 2.11. The fraction of sp³-hybridized carbons (Fsp3) is 0.167. The first-order valence-corrected chi connectivity index (χ1v) is 7.69. The lowest BCUT2D eigenvalue weighted by Crippen LogP contribution is -2.39. The van der Waals surface area contributed by atoms with Crippen LogP contribution in [-0.4, -0.2) is 25.7 Å². The zero-order valence-electron chi connectivity index (χ0n) is 13.2. The number of rotatable bonds is 5. The van der Waals surface area contributed by atoms with Crippen LogP contribution >= 0.6 is 0 Å². The van der Waals surface area contributed by atoms with E-state index in [-0.39, 0.29) is 18.6 Å². The van der Waals surface area contributed by atoms with E-state index >= 15 is 0 Å². The second kappa shape index (κ2) is 6.64. The number of carboxylic acids is 1. The van der Waals surface area contributed by atoms with Crippen LogP contribution in [0.4, 0.5) is 0 Å². The molecule has 0 radical (unpaired) electrons. The molecule has 128 valence electrons. The second-order valence-electron chi connectivity index (χ2n) is 5.77. The third kappa shape index (κ3) is 3.45. The summed E-state index contributed by atoms with van der Waals surface area (Å²) in [6.45, 7) is 0. The van der Waals surface area contributed by atoms with Crippen molar-refractivity contribution in [3.63, 3.8) is 0 Å². The number of H-pyrrole nitrogens is 1. The van der Waals surface area contributed by atoms with Crippen molar-refractivity contribution in [1.29, 1.82) is 0 Å². The lowest BCUT2D eigenvalue weighted by molar-refractivity contribution is -0.137. The van der Waals surface area contributed by atoms with E-state index in [1.54, 1.807) is 36.4 Å². The van der Waals surface area contributed by atoms with Crippen molar-refractivity contribution >= 4 is 16.9 Å². The number of para-hydroxylation sites is 1. The fourth-order valence-electron chi connectivity index (χ4n) is 2.87. The largest absolute Gasteiger partial charge is 0.508 e. The Morgan fingerprint density at radius 3 is 2.44 bits per heavy atom. The summed E-state index contributed by atoms with van der Waals surface area (Å²) in [7, 11) is 0. The maximum atomic E-state index is 12.7. The number of hydrogen-bond acceptors (Lipinski definition) is 4. The van der Waals surface area contributed by atoms with Crippen LogP contribution < -0.4 is 11.2 Å². The summed E-state index contributed by atoms with van der Waals surface area (Å²) in [6, 6.07) is 11.9. The molecule has 1 heterocycles. The highest BCUT2D eigenvalue weighted by Gasteiger charge is 2.21. The molecule has 0 aliphatic heterocycles. The zero-order valence-corrected chi connectivity index (χ0v) is 13.2. The van der Waals surface area contributed by atoms with E-state index in [1.165, 1.54) is 12.1 Å². The maximum absolute atomic E-state index is 12.7. The number of nitrogens with zero attached hydrogens (tertiary/aromatic N) is 1. The summed E-state index contributed by atoms with van der Waals surface area (Å²) in [6.07, 6.45) is -0.198. The van der Waals surface area contributed by atoms with Gasteiger partial charge >= 0.3 is 11.7 Å². The molecule has 2 aromatic carbocycles. The Morgan fingerprint density at radius 2 is 1.76 bits per heavy atom. The average molecular weight is 340 g/mol. The van der Waals surface area contributed by atoms with Crippen molar-refractivity contribution in [2.45, 2.75) is 18.9 Å². The number of aromatic amines is 1. The SMILES string of the molecule is O=C(O)CC(Cc1ccc(O)cc1)n1c(=O)[nH]c2ccccc2c1=O. The summed E-state index contributed by atoms with van der Waals surface area (Å²) in [5.74, 6) is -1.03. The minimum Gasteiger partial charge on any atom is -0.508 e. The molecule has 0 aliphatic carbocycles. The lowest BCUT2D eigenvalue weighted by Gasteiger charge is -2.18. The van der Waals surface area contributed by atoms with Gasteiger partial charge in [-0.2, -0.15) is 0 Å². The number of hydrogen-bond donors (Lipinski definition) is 3. The summed E-state index contributed by atoms with van der Waals surface area (Å²) in [5, 5.41) is 18.9. The van der Waals surface area contributed by atoms with E-state index in [0.717, 1.165) is 4.57 Å². The summed E-state index contributed by atoms with van der Waals surface area (Å²) in [5.41, 5.74) is -0.0472. The standard InChI is InChI=1S/C18H16N2O5/c21-13-7-5-11(6-8-13)9-12(10-16(22)23)20-17(24)14-3-1-2-4-15(14)19-18(20)25/h1-8,12,21H,9-10H2,(H,19,25)(H,22,23). The van der Waals surface area contributed by atoms with Crippen LogP contribution in [0.1, 0.15) is 18.0 Å². The van der Waals surface area contributed by atoms with Crippen LogP contribution in [0.15, 0.2) is 58.1 Å². The molecule has 1 unspecified atom stereocenters. The molecule has 0 aliphatic rings. The van der Waals surface area contributed by atoms with Crippen molar-refractivity contribution in [3.8, 4) is 5.75 Å². The molecule has 1 atom stereocenters. The molecule has 1 aromatic heterocycles. The third-order valence-electron chi connectivity index (χ3n) is 4.02. The fourth-order valence-corrected chi connectivity index (χ4v) is 2.87. The van der Waals surface area contributed by atoms with Crippen LogP contribution in [0.3, 0.4) is 0 Å². The monoisotopic (exact) mass is 340 g/mol. The number of phenols is 1. The highest BCUT2D eigenvalue weighted by Crippen LogP contribution is 2.18. The number of aromatic nitrogens is 2. The van der Waals surface area contributed by atoms with E-state index in [9.17, 15) is 24.6 Å². The van der Waals surface area contributed by atoms with Gasteiger partial charge in [-0.05, 0) is 36.2 Å². The van der Waals surface area contributed by atoms with E-state index in [0.29, 0.717) is 16.5 Å². The van der Waals surface area contributed by atoms with Gasteiger partial charge in [-0.1, -0.05) is 24.3 Å². The van der Waals surface area contributed by atoms with Gasteiger partial charge in [-0.25, -0.2) is 4.79 Å². The second-order valence-corrected chi connectivity index (χ2v) is 5.77. The van der Waals surface area contributed by atoms with Crippen molar-refractivity contribution in [3.05, 3.63) is 74.9 Å². The first-order valence-electron chi connectivity index (χ1n) is 7.69. The van der Waals surface area contributed by atoms with Gasteiger partial charge in [0.25, 0.3) is 5.56 Å². The number of benzene rings is 2. The lowest BCUT2D eigenvalue weighted by atomic mass is 10.0. The Hall–Kier alpha value is -3.35. The molecule has 7 heteroatoms. The van der Waals surface area contributed by atoms with Gasteiger partial charge in [0.15, 0.2) is 0 Å². The first-order chi connectivity index (χ1) is 12.0. The van der Waals surface area contributed by atoms with E-state index in [1.807, 2.05) is 0 Å². The molecular weight excluding hydrogens is 324 g/mol.